The summed E-state index contributed by atoms with van der Waals surface area (Å²) in [4.78, 5) is 24.5. The van der Waals surface area contributed by atoms with Gasteiger partial charge in [-0.05, 0) is 18.8 Å². The first-order valence-electron chi connectivity index (χ1n) is 5.18. The van der Waals surface area contributed by atoms with Crippen molar-refractivity contribution in [2.45, 2.75) is 32.2 Å². The van der Waals surface area contributed by atoms with Gasteiger partial charge in [0, 0.05) is 6.04 Å². The van der Waals surface area contributed by atoms with Crippen molar-refractivity contribution < 1.29 is 5.11 Å². The standard InChI is InChI=1S/C10H14N2O3/c1-2-3-6-4-7(6)12-9(14)5-8(13)11-10(12)15/h5-7,14H,2-4H2,1H3,(H,11,13,15). The summed E-state index contributed by atoms with van der Waals surface area (Å²) >= 11 is 0. The van der Waals surface area contributed by atoms with Gasteiger partial charge in [-0.2, -0.15) is 0 Å². The van der Waals surface area contributed by atoms with E-state index in [4.69, 9.17) is 0 Å². The Balaban J connectivity index is 2.31. The van der Waals surface area contributed by atoms with Crippen molar-refractivity contribution in [1.82, 2.24) is 9.55 Å². The highest BCUT2D eigenvalue weighted by molar-refractivity contribution is 5.11. The second kappa shape index (κ2) is 3.56. The lowest BCUT2D eigenvalue weighted by molar-refractivity contribution is 0.394. The quantitative estimate of drug-likeness (QED) is 0.767. The van der Waals surface area contributed by atoms with Gasteiger partial charge in [-0.25, -0.2) is 4.79 Å². The van der Waals surface area contributed by atoms with Crippen molar-refractivity contribution in [2.24, 2.45) is 5.92 Å². The van der Waals surface area contributed by atoms with Crippen LogP contribution in [-0.2, 0) is 0 Å². The summed E-state index contributed by atoms with van der Waals surface area (Å²) in [5.74, 6) is 0.233. The van der Waals surface area contributed by atoms with Gasteiger partial charge in [-0.3, -0.25) is 14.3 Å². The minimum atomic E-state index is -0.554. The van der Waals surface area contributed by atoms with E-state index in [2.05, 4.69) is 11.9 Å². The van der Waals surface area contributed by atoms with Crippen LogP contribution in [0.5, 0.6) is 5.88 Å². The maximum atomic E-state index is 11.4. The summed E-state index contributed by atoms with van der Waals surface area (Å²) in [7, 11) is 0. The van der Waals surface area contributed by atoms with E-state index in [1.165, 1.54) is 4.57 Å². The van der Waals surface area contributed by atoms with Gasteiger partial charge in [-0.1, -0.05) is 13.3 Å². The molecule has 1 fully saturated rings. The van der Waals surface area contributed by atoms with Gasteiger partial charge in [0.15, 0.2) is 0 Å². The van der Waals surface area contributed by atoms with Crippen LogP contribution < -0.4 is 11.2 Å². The highest BCUT2D eigenvalue weighted by Gasteiger charge is 2.39. The molecule has 15 heavy (non-hydrogen) atoms. The van der Waals surface area contributed by atoms with Crippen LogP contribution >= 0.6 is 0 Å². The summed E-state index contributed by atoms with van der Waals surface area (Å²) in [6, 6.07) is 1.11. The molecule has 0 saturated heterocycles. The van der Waals surface area contributed by atoms with Gasteiger partial charge in [0.25, 0.3) is 5.56 Å². The van der Waals surface area contributed by atoms with Gasteiger partial charge < -0.3 is 5.11 Å². The number of aromatic nitrogens is 2. The SMILES string of the molecule is CCCC1CC1n1c(O)cc(=O)[nH]c1=O. The normalized spacial score (nSPS) is 24.1. The van der Waals surface area contributed by atoms with Gasteiger partial charge in [0.2, 0.25) is 5.88 Å². The summed E-state index contributed by atoms with van der Waals surface area (Å²) in [5.41, 5.74) is -1.06. The van der Waals surface area contributed by atoms with Gasteiger partial charge >= 0.3 is 5.69 Å². The first kappa shape index (κ1) is 10.0. The zero-order valence-corrected chi connectivity index (χ0v) is 8.56. The number of nitrogens with one attached hydrogen (secondary N) is 1. The van der Waals surface area contributed by atoms with E-state index in [1.54, 1.807) is 0 Å². The van der Waals surface area contributed by atoms with Crippen molar-refractivity contribution in [2.75, 3.05) is 0 Å². The number of aromatic amines is 1. The first-order valence-corrected chi connectivity index (χ1v) is 5.18. The van der Waals surface area contributed by atoms with E-state index in [-0.39, 0.29) is 11.9 Å². The monoisotopic (exact) mass is 210 g/mol. The summed E-state index contributed by atoms with van der Waals surface area (Å²) in [6.45, 7) is 2.09. The molecule has 1 aliphatic rings. The van der Waals surface area contributed by atoms with E-state index in [1.807, 2.05) is 0 Å². The van der Waals surface area contributed by atoms with Crippen LogP contribution in [0.15, 0.2) is 15.7 Å². The molecule has 0 aliphatic heterocycles. The summed E-state index contributed by atoms with van der Waals surface area (Å²) in [5, 5.41) is 9.51. The van der Waals surface area contributed by atoms with Crippen molar-refractivity contribution in [3.05, 3.63) is 26.9 Å². The molecule has 0 amide bonds. The predicted molar refractivity (Wildman–Crippen MR) is 55.0 cm³/mol. The molecule has 0 aromatic carbocycles. The maximum Gasteiger partial charge on any atom is 0.331 e. The zero-order valence-electron chi connectivity index (χ0n) is 8.56. The lowest BCUT2D eigenvalue weighted by Gasteiger charge is -2.05. The minimum Gasteiger partial charge on any atom is -0.494 e. The van der Waals surface area contributed by atoms with Gasteiger partial charge in [0.1, 0.15) is 0 Å². The second-order valence-electron chi connectivity index (χ2n) is 4.02. The molecule has 2 atom stereocenters. The average Bonchev–Trinajstić information content (AvgIpc) is 2.82. The summed E-state index contributed by atoms with van der Waals surface area (Å²) in [6.07, 6.45) is 3.03. The Morgan fingerprint density at radius 3 is 2.93 bits per heavy atom. The third-order valence-corrected chi connectivity index (χ3v) is 2.83. The molecule has 5 heteroatoms. The molecule has 0 radical (unpaired) electrons. The highest BCUT2D eigenvalue weighted by Crippen LogP contribution is 2.46. The van der Waals surface area contributed by atoms with Crippen LogP contribution in [0.25, 0.3) is 0 Å². The Morgan fingerprint density at radius 1 is 1.60 bits per heavy atom. The molecule has 2 N–H and O–H groups in total. The number of hydrogen-bond donors (Lipinski definition) is 2. The Kier molecular flexibility index (Phi) is 2.38. The lowest BCUT2D eigenvalue weighted by Crippen LogP contribution is -2.28. The predicted octanol–water partition coefficient (Wildman–Crippen LogP) is 0.603. The molecule has 1 aromatic heterocycles. The van der Waals surface area contributed by atoms with E-state index in [0.717, 1.165) is 25.3 Å². The van der Waals surface area contributed by atoms with Crippen molar-refractivity contribution in [3.8, 4) is 5.88 Å². The van der Waals surface area contributed by atoms with Gasteiger partial charge in [0.05, 0.1) is 6.07 Å². The Hall–Kier alpha value is -1.52. The highest BCUT2D eigenvalue weighted by atomic mass is 16.3. The molecule has 1 aromatic rings. The van der Waals surface area contributed by atoms with E-state index in [0.29, 0.717) is 5.92 Å². The zero-order chi connectivity index (χ0) is 11.0. The van der Waals surface area contributed by atoms with Crippen molar-refractivity contribution in [3.63, 3.8) is 0 Å². The number of hydrogen-bond acceptors (Lipinski definition) is 3. The smallest absolute Gasteiger partial charge is 0.331 e. The molecule has 5 nitrogen and oxygen atoms in total. The van der Waals surface area contributed by atoms with Crippen LogP contribution in [0.4, 0.5) is 0 Å². The molecule has 1 saturated carbocycles. The maximum absolute atomic E-state index is 11.4. The second-order valence-corrected chi connectivity index (χ2v) is 4.02. The van der Waals surface area contributed by atoms with Crippen LogP contribution in [0.1, 0.15) is 32.2 Å². The third-order valence-electron chi connectivity index (χ3n) is 2.83. The Labute approximate surface area is 86.4 Å². The Bertz CT molecular complexity index is 474. The molecule has 2 unspecified atom stereocenters. The number of aromatic hydroxyl groups is 1. The van der Waals surface area contributed by atoms with Gasteiger partial charge in [-0.15, -0.1) is 0 Å². The molecule has 1 aliphatic carbocycles. The molecule has 0 bridgehead atoms. The van der Waals surface area contributed by atoms with Crippen LogP contribution in [0, 0.1) is 5.92 Å². The van der Waals surface area contributed by atoms with Crippen LogP contribution in [0.3, 0.4) is 0 Å². The summed E-state index contributed by atoms with van der Waals surface area (Å²) < 4.78 is 1.28. The van der Waals surface area contributed by atoms with E-state index in [9.17, 15) is 14.7 Å². The largest absolute Gasteiger partial charge is 0.494 e. The number of H-pyrrole nitrogens is 1. The molecule has 1 heterocycles. The molecular weight excluding hydrogens is 196 g/mol. The average molecular weight is 210 g/mol. The molecular formula is C10H14N2O3. The fourth-order valence-corrected chi connectivity index (χ4v) is 2.04. The topological polar surface area (TPSA) is 75.1 Å². The van der Waals surface area contributed by atoms with Crippen LogP contribution in [0.2, 0.25) is 0 Å². The van der Waals surface area contributed by atoms with Crippen LogP contribution in [-0.4, -0.2) is 14.7 Å². The fourth-order valence-electron chi connectivity index (χ4n) is 2.04. The molecule has 82 valence electrons. The molecule has 0 spiro atoms. The van der Waals surface area contributed by atoms with E-state index < -0.39 is 11.2 Å². The number of rotatable bonds is 3. The third kappa shape index (κ3) is 1.82. The first-order chi connectivity index (χ1) is 7.13. The minimum absolute atomic E-state index is 0.0642. The van der Waals surface area contributed by atoms with Crippen molar-refractivity contribution >= 4 is 0 Å². The molecule has 2 rings (SSSR count). The number of nitrogens with zero attached hydrogens (tertiary/aromatic N) is 1. The fraction of sp³-hybridized carbons (Fsp3) is 0.600. The van der Waals surface area contributed by atoms with E-state index >= 15 is 0 Å². The Morgan fingerprint density at radius 2 is 2.33 bits per heavy atom. The lowest BCUT2D eigenvalue weighted by atomic mass is 10.2. The van der Waals surface area contributed by atoms with Crippen molar-refractivity contribution in [1.29, 1.82) is 0 Å².